The van der Waals surface area contributed by atoms with E-state index in [1.165, 1.54) is 35.6 Å². The van der Waals surface area contributed by atoms with Crippen LogP contribution in [0.15, 0.2) is 65.8 Å². The number of carbonyl (C=O) groups excluding carboxylic acids is 1. The number of carbonyl (C=O) groups is 1. The summed E-state index contributed by atoms with van der Waals surface area (Å²) in [4.78, 5) is 24.2. The summed E-state index contributed by atoms with van der Waals surface area (Å²) >= 11 is 1.32. The zero-order chi connectivity index (χ0) is 25.2. The van der Waals surface area contributed by atoms with Crippen LogP contribution in [0.25, 0.3) is 10.2 Å². The predicted octanol–water partition coefficient (Wildman–Crippen LogP) is 4.74. The highest BCUT2D eigenvalue weighted by molar-refractivity contribution is 7.92. The van der Waals surface area contributed by atoms with Crippen molar-refractivity contribution in [2.75, 3.05) is 19.1 Å². The number of hydrogen-bond acceptors (Lipinski definition) is 8. The van der Waals surface area contributed by atoms with Crippen molar-refractivity contribution >= 4 is 42.4 Å². The fourth-order valence-corrected chi connectivity index (χ4v) is 5.63. The number of fused-ring (bicyclic) bond motifs is 1. The van der Waals surface area contributed by atoms with E-state index in [-0.39, 0.29) is 17.3 Å². The summed E-state index contributed by atoms with van der Waals surface area (Å²) in [5.74, 6) is 0.888. The number of pyridine rings is 1. The maximum Gasteiger partial charge on any atom is 0.260 e. The van der Waals surface area contributed by atoms with Gasteiger partial charge in [-0.1, -0.05) is 11.3 Å². The fourth-order valence-electron chi connectivity index (χ4n) is 3.50. The van der Waals surface area contributed by atoms with Gasteiger partial charge in [-0.25, -0.2) is 13.4 Å². The lowest BCUT2D eigenvalue weighted by molar-refractivity contribution is 0.0985. The Morgan fingerprint density at radius 2 is 1.60 bits per heavy atom. The van der Waals surface area contributed by atoms with Crippen LogP contribution in [0.2, 0.25) is 0 Å². The molecule has 1 amide bonds. The molecule has 0 aliphatic heterocycles. The summed E-state index contributed by atoms with van der Waals surface area (Å²) < 4.78 is 36.7. The molecule has 8 nitrogen and oxygen atoms in total. The molecule has 0 saturated carbocycles. The van der Waals surface area contributed by atoms with Crippen molar-refractivity contribution in [3.05, 3.63) is 72.1 Å². The van der Waals surface area contributed by atoms with Gasteiger partial charge in [-0.3, -0.25) is 14.7 Å². The number of ether oxygens (including phenoxy) is 2. The monoisotopic (exact) mass is 511 g/mol. The van der Waals surface area contributed by atoms with Crippen LogP contribution in [0.1, 0.15) is 29.8 Å². The van der Waals surface area contributed by atoms with Crippen molar-refractivity contribution in [1.82, 2.24) is 9.97 Å². The SMILES string of the molecule is COc1ccc(OC)c2sc(N(Cc3ccncc3)C(=O)c3ccc(S(=O)(=O)C(C)C)cc3)nc12. The van der Waals surface area contributed by atoms with Crippen LogP contribution >= 0.6 is 11.3 Å². The van der Waals surface area contributed by atoms with Crippen LogP contribution in [-0.2, 0) is 16.4 Å². The van der Waals surface area contributed by atoms with E-state index in [4.69, 9.17) is 14.5 Å². The van der Waals surface area contributed by atoms with Crippen molar-refractivity contribution in [2.24, 2.45) is 0 Å². The summed E-state index contributed by atoms with van der Waals surface area (Å²) in [5.41, 5.74) is 1.81. The molecule has 0 fully saturated rings. The first-order valence-electron chi connectivity index (χ1n) is 10.8. The number of aromatic nitrogens is 2. The molecule has 4 rings (SSSR count). The highest BCUT2D eigenvalue weighted by atomic mass is 32.2. The number of anilines is 1. The molecule has 0 aliphatic rings. The van der Waals surface area contributed by atoms with Gasteiger partial charge in [0, 0.05) is 18.0 Å². The zero-order valence-electron chi connectivity index (χ0n) is 19.8. The second-order valence-corrected chi connectivity index (χ2v) is 11.5. The maximum atomic E-state index is 13.7. The van der Waals surface area contributed by atoms with Gasteiger partial charge in [0.25, 0.3) is 5.91 Å². The second-order valence-electron chi connectivity index (χ2n) is 8.01. The van der Waals surface area contributed by atoms with E-state index in [2.05, 4.69) is 4.98 Å². The minimum atomic E-state index is -3.44. The molecule has 0 spiro atoms. The zero-order valence-corrected chi connectivity index (χ0v) is 21.4. The molecule has 0 bridgehead atoms. The van der Waals surface area contributed by atoms with Crippen LogP contribution in [-0.4, -0.2) is 43.8 Å². The lowest BCUT2D eigenvalue weighted by atomic mass is 10.2. The first-order chi connectivity index (χ1) is 16.8. The molecule has 0 saturated heterocycles. The molecule has 0 radical (unpaired) electrons. The van der Waals surface area contributed by atoms with Crippen LogP contribution < -0.4 is 14.4 Å². The summed E-state index contributed by atoms with van der Waals surface area (Å²) in [6.07, 6.45) is 3.32. The van der Waals surface area contributed by atoms with Crippen LogP contribution in [0, 0.1) is 0 Å². The molecule has 0 atom stereocenters. The Balaban J connectivity index is 1.79. The summed E-state index contributed by atoms with van der Waals surface area (Å²) in [7, 11) is -0.304. The second kappa shape index (κ2) is 10.0. The highest BCUT2D eigenvalue weighted by Gasteiger charge is 2.25. The van der Waals surface area contributed by atoms with Gasteiger partial charge in [0.05, 0.1) is 30.9 Å². The maximum absolute atomic E-state index is 13.7. The third-order valence-corrected chi connectivity index (χ3v) is 8.78. The molecule has 2 aromatic heterocycles. The minimum absolute atomic E-state index is 0.180. The summed E-state index contributed by atoms with van der Waals surface area (Å²) in [6, 6.07) is 13.2. The standard InChI is InChI=1S/C25H25N3O5S2/c1-16(2)35(30,31)19-7-5-18(6-8-19)24(29)28(15-17-11-13-26-14-12-17)25-27-22-20(32-3)9-10-21(33-4)23(22)34-25/h5-14,16H,15H2,1-4H3. The Bertz CT molecular complexity index is 1410. The number of sulfone groups is 1. The number of thiazole rings is 1. The molecule has 4 aromatic rings. The first kappa shape index (κ1) is 24.6. The van der Waals surface area contributed by atoms with Gasteiger partial charge in [-0.2, -0.15) is 0 Å². The molecule has 0 N–H and O–H groups in total. The lowest BCUT2D eigenvalue weighted by Gasteiger charge is -2.20. The van der Waals surface area contributed by atoms with E-state index in [0.717, 1.165) is 10.3 Å². The number of benzene rings is 2. The van der Waals surface area contributed by atoms with Gasteiger partial charge in [-0.05, 0) is 67.9 Å². The number of rotatable bonds is 8. The largest absolute Gasteiger partial charge is 0.495 e. The molecule has 0 unspecified atom stereocenters. The number of amides is 1. The average molecular weight is 512 g/mol. The molecule has 35 heavy (non-hydrogen) atoms. The molecule has 10 heteroatoms. The topological polar surface area (TPSA) is 98.7 Å². The summed E-state index contributed by atoms with van der Waals surface area (Å²) in [6.45, 7) is 3.50. The smallest absolute Gasteiger partial charge is 0.260 e. The van der Waals surface area contributed by atoms with Crippen LogP contribution in [0.3, 0.4) is 0 Å². The van der Waals surface area contributed by atoms with Gasteiger partial charge in [0.2, 0.25) is 0 Å². The van der Waals surface area contributed by atoms with Crippen LogP contribution in [0.4, 0.5) is 5.13 Å². The van der Waals surface area contributed by atoms with Gasteiger partial charge >= 0.3 is 0 Å². The van der Waals surface area contributed by atoms with Crippen molar-refractivity contribution in [1.29, 1.82) is 0 Å². The van der Waals surface area contributed by atoms with E-state index in [0.29, 0.717) is 27.7 Å². The van der Waals surface area contributed by atoms with E-state index in [9.17, 15) is 13.2 Å². The van der Waals surface area contributed by atoms with Gasteiger partial charge in [0.15, 0.2) is 15.0 Å². The first-order valence-corrected chi connectivity index (χ1v) is 13.2. The fraction of sp³-hybridized carbons (Fsp3) is 0.240. The molecular weight excluding hydrogens is 486 g/mol. The molecule has 0 aliphatic carbocycles. The Morgan fingerprint density at radius 3 is 2.20 bits per heavy atom. The lowest BCUT2D eigenvalue weighted by Crippen LogP contribution is -2.30. The van der Waals surface area contributed by atoms with Crippen molar-refractivity contribution in [3.63, 3.8) is 0 Å². The van der Waals surface area contributed by atoms with Gasteiger partial charge < -0.3 is 9.47 Å². The highest BCUT2D eigenvalue weighted by Crippen LogP contribution is 2.40. The van der Waals surface area contributed by atoms with Gasteiger partial charge in [0.1, 0.15) is 21.7 Å². The molecule has 2 heterocycles. The quantitative estimate of drug-likeness (QED) is 0.337. The normalized spacial score (nSPS) is 11.6. The predicted molar refractivity (Wildman–Crippen MR) is 136 cm³/mol. The number of methoxy groups -OCH3 is 2. The Hall–Kier alpha value is -3.50. The van der Waals surface area contributed by atoms with E-state index in [1.54, 1.807) is 57.5 Å². The minimum Gasteiger partial charge on any atom is -0.495 e. The molecule has 2 aromatic carbocycles. The van der Waals surface area contributed by atoms with E-state index in [1.807, 2.05) is 12.1 Å². The van der Waals surface area contributed by atoms with Crippen LogP contribution in [0.5, 0.6) is 11.5 Å². The molecule has 182 valence electrons. The van der Waals surface area contributed by atoms with Gasteiger partial charge in [-0.15, -0.1) is 0 Å². The number of nitrogens with zero attached hydrogens (tertiary/aromatic N) is 3. The van der Waals surface area contributed by atoms with E-state index < -0.39 is 15.1 Å². The third-order valence-electron chi connectivity index (χ3n) is 5.52. The molecular formula is C25H25N3O5S2. The summed E-state index contributed by atoms with van der Waals surface area (Å²) in [5, 5.41) is -0.0940. The third kappa shape index (κ3) is 4.85. The van der Waals surface area contributed by atoms with Crippen molar-refractivity contribution in [2.45, 2.75) is 30.5 Å². The average Bonchev–Trinajstić information content (AvgIpc) is 3.32. The Kier molecular flexibility index (Phi) is 7.04. The van der Waals surface area contributed by atoms with Crippen molar-refractivity contribution in [3.8, 4) is 11.5 Å². The number of hydrogen-bond donors (Lipinski definition) is 0. The van der Waals surface area contributed by atoms with Crippen molar-refractivity contribution < 1.29 is 22.7 Å². The Morgan fingerprint density at radius 1 is 0.971 bits per heavy atom. The van der Waals surface area contributed by atoms with E-state index >= 15 is 0 Å². The Labute approximate surface area is 208 Å².